The second-order valence-corrected chi connectivity index (χ2v) is 8.15. The molecule has 0 aliphatic heterocycles. The molecule has 3 aliphatic carbocycles. The third kappa shape index (κ3) is 2.63. The van der Waals surface area contributed by atoms with Crippen LogP contribution in [0.1, 0.15) is 64.7 Å². The highest BCUT2D eigenvalue weighted by molar-refractivity contribution is 5.13. The lowest BCUT2D eigenvalue weighted by molar-refractivity contribution is -0.0907. The van der Waals surface area contributed by atoms with Crippen LogP contribution in [0.2, 0.25) is 0 Å². The minimum atomic E-state index is -0.0326. The summed E-state index contributed by atoms with van der Waals surface area (Å²) in [5.74, 6) is 3.20. The van der Waals surface area contributed by atoms with Crippen molar-refractivity contribution in [1.82, 2.24) is 0 Å². The van der Waals surface area contributed by atoms with Gasteiger partial charge in [0.25, 0.3) is 0 Å². The maximum atomic E-state index is 10.0. The number of hydrogen-bond donors (Lipinski definition) is 1. The smallest absolute Gasteiger partial charge is 0.0543 e. The van der Waals surface area contributed by atoms with Gasteiger partial charge in [-0.15, -0.1) is 6.58 Å². The van der Waals surface area contributed by atoms with Crippen LogP contribution >= 0.6 is 0 Å². The fraction of sp³-hybridized carbons (Fsp3) is 0.800. The molecular weight excluding hydrogens is 256 g/mol. The van der Waals surface area contributed by atoms with Crippen molar-refractivity contribution in [2.45, 2.75) is 70.8 Å². The van der Waals surface area contributed by atoms with Gasteiger partial charge in [-0.3, -0.25) is 0 Å². The highest BCUT2D eigenvalue weighted by Gasteiger charge is 2.53. The lowest BCUT2D eigenvalue weighted by atomic mass is 9.47. The molecule has 0 amide bonds. The normalized spacial score (nSPS) is 46.6. The van der Waals surface area contributed by atoms with E-state index in [4.69, 9.17) is 0 Å². The van der Waals surface area contributed by atoms with Crippen molar-refractivity contribution < 1.29 is 5.11 Å². The van der Waals surface area contributed by atoms with E-state index in [2.05, 4.69) is 26.2 Å². The van der Waals surface area contributed by atoms with Crippen molar-refractivity contribution in [3.8, 4) is 0 Å². The molecule has 6 atom stereocenters. The second kappa shape index (κ2) is 5.91. The maximum absolute atomic E-state index is 10.0. The second-order valence-electron chi connectivity index (χ2n) is 8.15. The zero-order valence-corrected chi connectivity index (χ0v) is 13.7. The number of aliphatic hydroxyl groups is 1. The molecule has 118 valence electrons. The summed E-state index contributed by atoms with van der Waals surface area (Å²) in [6.07, 6.45) is 13.0. The summed E-state index contributed by atoms with van der Waals surface area (Å²) in [6.45, 7) is 10.8. The molecule has 1 N–H and O–H groups in total. The predicted molar refractivity (Wildman–Crippen MR) is 89.0 cm³/mol. The van der Waals surface area contributed by atoms with Gasteiger partial charge in [-0.25, -0.2) is 0 Å². The monoisotopic (exact) mass is 288 g/mol. The van der Waals surface area contributed by atoms with Gasteiger partial charge in [0, 0.05) is 0 Å². The molecule has 1 nitrogen and oxygen atoms in total. The molecule has 0 aromatic carbocycles. The van der Waals surface area contributed by atoms with Crippen molar-refractivity contribution in [1.29, 1.82) is 0 Å². The molecule has 0 spiro atoms. The fourth-order valence-corrected chi connectivity index (χ4v) is 5.99. The third-order valence-electron chi connectivity index (χ3n) is 7.22. The average Bonchev–Trinajstić information content (AvgIpc) is 2.47. The zero-order valence-electron chi connectivity index (χ0n) is 13.7. The van der Waals surface area contributed by atoms with Crippen LogP contribution in [0.25, 0.3) is 0 Å². The molecule has 21 heavy (non-hydrogen) atoms. The molecule has 3 fully saturated rings. The molecule has 0 aromatic heterocycles. The van der Waals surface area contributed by atoms with Gasteiger partial charge in [0.1, 0.15) is 0 Å². The Hall–Kier alpha value is -0.560. The molecule has 3 rings (SSSR count). The van der Waals surface area contributed by atoms with Crippen LogP contribution in [0.3, 0.4) is 0 Å². The first-order valence-electron chi connectivity index (χ1n) is 9.03. The van der Waals surface area contributed by atoms with Crippen molar-refractivity contribution in [3.05, 3.63) is 24.8 Å². The maximum Gasteiger partial charge on any atom is 0.0543 e. The molecule has 6 unspecified atom stereocenters. The molecule has 0 saturated heterocycles. The van der Waals surface area contributed by atoms with Crippen LogP contribution in [0.15, 0.2) is 24.8 Å². The van der Waals surface area contributed by atoms with Crippen LogP contribution < -0.4 is 0 Å². The molecule has 0 heterocycles. The minimum Gasteiger partial charge on any atom is -0.393 e. The standard InChI is InChI=1S/C20H32O/c1-4-5-6-17-14(2)7-10-19-18(17)9-8-15-13-16(21)11-12-20(15,19)3/h4,15-19,21H,1-2,5-13H2,3H3. The van der Waals surface area contributed by atoms with E-state index in [-0.39, 0.29) is 6.10 Å². The van der Waals surface area contributed by atoms with E-state index >= 15 is 0 Å². The number of allylic oxidation sites excluding steroid dienone is 2. The zero-order chi connectivity index (χ0) is 15.0. The Balaban J connectivity index is 1.81. The Kier molecular flexibility index (Phi) is 4.32. The first-order chi connectivity index (χ1) is 10.1. The van der Waals surface area contributed by atoms with Gasteiger partial charge in [-0.2, -0.15) is 0 Å². The summed E-state index contributed by atoms with van der Waals surface area (Å²) >= 11 is 0. The van der Waals surface area contributed by atoms with Crippen LogP contribution in [0, 0.1) is 29.1 Å². The van der Waals surface area contributed by atoms with Crippen molar-refractivity contribution in [3.63, 3.8) is 0 Å². The topological polar surface area (TPSA) is 20.2 Å². The lowest BCUT2D eigenvalue weighted by Crippen LogP contribution is -2.51. The predicted octanol–water partition coefficient (Wildman–Crippen LogP) is 5.11. The highest BCUT2D eigenvalue weighted by atomic mass is 16.3. The van der Waals surface area contributed by atoms with Crippen LogP contribution in [0.4, 0.5) is 0 Å². The SMILES string of the molecule is C=CCCC1C(=C)CCC2C1CCC1CC(O)CCC12C. The Bertz CT molecular complexity index is 412. The van der Waals surface area contributed by atoms with E-state index in [0.717, 1.165) is 42.9 Å². The first kappa shape index (κ1) is 15.3. The minimum absolute atomic E-state index is 0.0326. The van der Waals surface area contributed by atoms with E-state index in [1.807, 2.05) is 0 Å². The van der Waals surface area contributed by atoms with Crippen molar-refractivity contribution in [2.75, 3.05) is 0 Å². The van der Waals surface area contributed by atoms with Gasteiger partial charge >= 0.3 is 0 Å². The molecule has 0 bridgehead atoms. The molecule has 1 heteroatoms. The van der Waals surface area contributed by atoms with E-state index in [0.29, 0.717) is 5.41 Å². The number of aliphatic hydroxyl groups excluding tert-OH is 1. The van der Waals surface area contributed by atoms with Gasteiger partial charge in [0.15, 0.2) is 0 Å². The van der Waals surface area contributed by atoms with Gasteiger partial charge < -0.3 is 5.11 Å². The van der Waals surface area contributed by atoms with Gasteiger partial charge in [0.05, 0.1) is 6.10 Å². The van der Waals surface area contributed by atoms with E-state index in [9.17, 15) is 5.11 Å². The lowest BCUT2D eigenvalue weighted by Gasteiger charge is -2.58. The van der Waals surface area contributed by atoms with Gasteiger partial charge in [-0.1, -0.05) is 25.2 Å². The molecule has 3 saturated carbocycles. The summed E-state index contributed by atoms with van der Waals surface area (Å²) in [6, 6.07) is 0. The largest absolute Gasteiger partial charge is 0.393 e. The fourth-order valence-electron chi connectivity index (χ4n) is 5.99. The summed E-state index contributed by atoms with van der Waals surface area (Å²) in [7, 11) is 0. The Morgan fingerprint density at radius 3 is 2.86 bits per heavy atom. The summed E-state index contributed by atoms with van der Waals surface area (Å²) in [5.41, 5.74) is 1.99. The Labute approximate surface area is 130 Å². The summed E-state index contributed by atoms with van der Waals surface area (Å²) in [4.78, 5) is 0. The first-order valence-corrected chi connectivity index (χ1v) is 9.03. The van der Waals surface area contributed by atoms with Crippen LogP contribution in [-0.2, 0) is 0 Å². The highest BCUT2D eigenvalue weighted by Crippen LogP contribution is 2.61. The average molecular weight is 288 g/mol. The van der Waals surface area contributed by atoms with Gasteiger partial charge in [0.2, 0.25) is 0 Å². The Morgan fingerprint density at radius 1 is 1.29 bits per heavy atom. The van der Waals surface area contributed by atoms with Crippen LogP contribution in [-0.4, -0.2) is 11.2 Å². The molecule has 3 aliphatic rings. The third-order valence-corrected chi connectivity index (χ3v) is 7.22. The van der Waals surface area contributed by atoms with Crippen LogP contribution in [0.5, 0.6) is 0 Å². The van der Waals surface area contributed by atoms with Crippen molar-refractivity contribution in [2.24, 2.45) is 29.1 Å². The molecule has 0 radical (unpaired) electrons. The Morgan fingerprint density at radius 2 is 2.10 bits per heavy atom. The molecule has 0 aromatic rings. The number of fused-ring (bicyclic) bond motifs is 3. The number of hydrogen-bond acceptors (Lipinski definition) is 1. The summed E-state index contributed by atoms with van der Waals surface area (Å²) < 4.78 is 0. The van der Waals surface area contributed by atoms with E-state index < -0.39 is 0 Å². The van der Waals surface area contributed by atoms with E-state index in [1.165, 1.54) is 44.1 Å². The van der Waals surface area contributed by atoms with Crippen molar-refractivity contribution >= 4 is 0 Å². The summed E-state index contributed by atoms with van der Waals surface area (Å²) in [5, 5.41) is 10.0. The molecular formula is C20H32O. The number of rotatable bonds is 3. The van der Waals surface area contributed by atoms with Gasteiger partial charge in [-0.05, 0) is 86.9 Å². The quantitative estimate of drug-likeness (QED) is 0.715. The van der Waals surface area contributed by atoms with E-state index in [1.54, 1.807) is 0 Å².